The van der Waals surface area contributed by atoms with Crippen molar-refractivity contribution in [2.24, 2.45) is 0 Å². The monoisotopic (exact) mass is 403 g/mol. The molecule has 1 aliphatic heterocycles. The van der Waals surface area contributed by atoms with Crippen molar-refractivity contribution < 1.29 is 4.74 Å². The molecule has 2 atom stereocenters. The number of anilines is 1. The Labute approximate surface area is 170 Å². The molecule has 2 aromatic rings. The predicted octanol–water partition coefficient (Wildman–Crippen LogP) is 4.61. The van der Waals surface area contributed by atoms with Crippen LogP contribution in [0.25, 0.3) is 0 Å². The van der Waals surface area contributed by atoms with Gasteiger partial charge in [-0.2, -0.15) is 5.26 Å². The molecule has 1 fully saturated rings. The zero-order chi connectivity index (χ0) is 19.2. The largest absolute Gasteiger partial charge is 0.383 e. The molecular formula is C21H23Cl2N3O. The minimum atomic E-state index is 0.266. The number of nitrogens with zero attached hydrogens (tertiary/aromatic N) is 2. The normalized spacial score (nSPS) is 19.8. The smallest absolute Gasteiger partial charge is 0.101 e. The van der Waals surface area contributed by atoms with Crippen molar-refractivity contribution in [1.29, 1.82) is 5.26 Å². The molecule has 4 nitrogen and oxygen atoms in total. The lowest BCUT2D eigenvalue weighted by atomic mass is 9.99. The zero-order valence-electron chi connectivity index (χ0n) is 15.3. The molecule has 0 saturated carbocycles. The molecule has 0 radical (unpaired) electrons. The molecule has 142 valence electrons. The topological polar surface area (TPSA) is 48.3 Å². The molecule has 1 unspecified atom stereocenters. The first-order valence-electron chi connectivity index (χ1n) is 9.05. The predicted molar refractivity (Wildman–Crippen MR) is 111 cm³/mol. The summed E-state index contributed by atoms with van der Waals surface area (Å²) in [7, 11) is 1.73. The number of nitrogens with one attached hydrogen (secondary N) is 1. The van der Waals surface area contributed by atoms with E-state index in [1.54, 1.807) is 13.2 Å². The second kappa shape index (κ2) is 9.43. The standard InChI is InChI=1S/C21H23Cl2N3O/c1-27-11-10-26-9-8-20(21(26)12-15-4-2-3-5-18(15)22)25-17-7-6-16(14-24)19(23)13-17/h2-7,13,20-21,25H,8-12H2,1H3/t20-,21?/m0/s1. The molecule has 2 aromatic carbocycles. The van der Waals surface area contributed by atoms with Crippen LogP contribution in [-0.2, 0) is 11.2 Å². The van der Waals surface area contributed by atoms with Crippen molar-refractivity contribution in [3.05, 3.63) is 63.6 Å². The number of nitriles is 1. The Morgan fingerprint density at radius 2 is 2.04 bits per heavy atom. The minimum absolute atomic E-state index is 0.266. The van der Waals surface area contributed by atoms with Crippen molar-refractivity contribution in [2.75, 3.05) is 32.1 Å². The summed E-state index contributed by atoms with van der Waals surface area (Å²) in [5.74, 6) is 0. The number of rotatable bonds is 7. The second-order valence-corrected chi connectivity index (χ2v) is 7.55. The summed E-state index contributed by atoms with van der Waals surface area (Å²) in [4.78, 5) is 2.45. The molecule has 1 aliphatic rings. The van der Waals surface area contributed by atoms with Gasteiger partial charge in [0.2, 0.25) is 0 Å². The fourth-order valence-electron chi connectivity index (χ4n) is 3.64. The van der Waals surface area contributed by atoms with Crippen molar-refractivity contribution in [3.8, 4) is 6.07 Å². The van der Waals surface area contributed by atoms with Crippen LogP contribution in [0, 0.1) is 11.3 Å². The van der Waals surface area contributed by atoms with Gasteiger partial charge in [0.1, 0.15) is 6.07 Å². The summed E-state index contributed by atoms with van der Waals surface area (Å²) in [6.07, 6.45) is 1.89. The summed E-state index contributed by atoms with van der Waals surface area (Å²) in [6, 6.07) is 16.2. The van der Waals surface area contributed by atoms with Crippen LogP contribution in [0.4, 0.5) is 5.69 Å². The quantitative estimate of drug-likeness (QED) is 0.732. The molecule has 0 aromatic heterocycles. The molecule has 27 heavy (non-hydrogen) atoms. The van der Waals surface area contributed by atoms with Gasteiger partial charge in [-0.15, -0.1) is 0 Å². The van der Waals surface area contributed by atoms with E-state index >= 15 is 0 Å². The summed E-state index contributed by atoms with van der Waals surface area (Å²) in [5.41, 5.74) is 2.57. The fourth-order valence-corrected chi connectivity index (χ4v) is 4.08. The first kappa shape index (κ1) is 20.0. The first-order valence-corrected chi connectivity index (χ1v) is 9.80. The SMILES string of the molecule is COCCN1CC[C@H](Nc2ccc(C#N)c(Cl)c2)C1Cc1ccccc1Cl. The fraction of sp³-hybridized carbons (Fsp3) is 0.381. The molecule has 6 heteroatoms. The third-order valence-electron chi connectivity index (χ3n) is 5.07. The lowest BCUT2D eigenvalue weighted by molar-refractivity contribution is 0.139. The minimum Gasteiger partial charge on any atom is -0.383 e. The highest BCUT2D eigenvalue weighted by atomic mass is 35.5. The van der Waals surface area contributed by atoms with Gasteiger partial charge in [0.15, 0.2) is 0 Å². The highest BCUT2D eigenvalue weighted by Crippen LogP contribution is 2.29. The summed E-state index contributed by atoms with van der Waals surface area (Å²) in [5, 5.41) is 13.9. The van der Waals surface area contributed by atoms with E-state index in [1.807, 2.05) is 30.3 Å². The number of likely N-dealkylation sites (tertiary alicyclic amines) is 1. The van der Waals surface area contributed by atoms with Gasteiger partial charge in [-0.1, -0.05) is 41.4 Å². The van der Waals surface area contributed by atoms with Gasteiger partial charge in [-0.3, -0.25) is 4.90 Å². The van der Waals surface area contributed by atoms with Crippen molar-refractivity contribution in [1.82, 2.24) is 4.90 Å². The van der Waals surface area contributed by atoms with E-state index in [9.17, 15) is 0 Å². The lowest BCUT2D eigenvalue weighted by Gasteiger charge is -2.29. The maximum atomic E-state index is 9.06. The summed E-state index contributed by atoms with van der Waals surface area (Å²) in [6.45, 7) is 2.59. The van der Waals surface area contributed by atoms with E-state index in [2.05, 4.69) is 22.4 Å². The third-order valence-corrected chi connectivity index (χ3v) is 5.75. The Bertz CT molecular complexity index is 821. The van der Waals surface area contributed by atoms with Crippen LogP contribution in [-0.4, -0.2) is 43.8 Å². The van der Waals surface area contributed by atoms with Crippen molar-refractivity contribution >= 4 is 28.9 Å². The Balaban J connectivity index is 1.78. The Morgan fingerprint density at radius 3 is 2.74 bits per heavy atom. The van der Waals surface area contributed by atoms with Gasteiger partial charge in [0.05, 0.1) is 17.2 Å². The highest BCUT2D eigenvalue weighted by Gasteiger charge is 2.34. The van der Waals surface area contributed by atoms with E-state index in [4.69, 9.17) is 33.2 Å². The number of ether oxygens (including phenoxy) is 1. The van der Waals surface area contributed by atoms with Gasteiger partial charge in [0.25, 0.3) is 0 Å². The van der Waals surface area contributed by atoms with Gasteiger partial charge in [-0.05, 0) is 42.7 Å². The Morgan fingerprint density at radius 1 is 1.22 bits per heavy atom. The van der Waals surface area contributed by atoms with Crippen LogP contribution in [0.3, 0.4) is 0 Å². The van der Waals surface area contributed by atoms with Crippen LogP contribution in [0.5, 0.6) is 0 Å². The van der Waals surface area contributed by atoms with Crippen LogP contribution < -0.4 is 5.32 Å². The number of hydrogen-bond donors (Lipinski definition) is 1. The van der Waals surface area contributed by atoms with Crippen molar-refractivity contribution in [2.45, 2.75) is 24.9 Å². The number of halogens is 2. The number of methoxy groups -OCH3 is 1. The van der Waals surface area contributed by atoms with E-state index < -0.39 is 0 Å². The first-order chi connectivity index (χ1) is 13.1. The lowest BCUT2D eigenvalue weighted by Crippen LogP contribution is -2.41. The van der Waals surface area contributed by atoms with Gasteiger partial charge >= 0.3 is 0 Å². The van der Waals surface area contributed by atoms with Crippen LogP contribution in [0.15, 0.2) is 42.5 Å². The molecule has 0 spiro atoms. The van der Waals surface area contributed by atoms with Crippen LogP contribution >= 0.6 is 23.2 Å². The van der Waals surface area contributed by atoms with Gasteiger partial charge < -0.3 is 10.1 Å². The third kappa shape index (κ3) is 4.94. The van der Waals surface area contributed by atoms with E-state index in [-0.39, 0.29) is 6.04 Å². The van der Waals surface area contributed by atoms with Gasteiger partial charge in [-0.25, -0.2) is 0 Å². The summed E-state index contributed by atoms with van der Waals surface area (Å²) >= 11 is 12.6. The average Bonchev–Trinajstić information content (AvgIpc) is 3.03. The molecular weight excluding hydrogens is 381 g/mol. The Kier molecular flexibility index (Phi) is 6.98. The molecule has 1 N–H and O–H groups in total. The number of hydrogen-bond acceptors (Lipinski definition) is 4. The molecule has 1 heterocycles. The molecule has 0 bridgehead atoms. The van der Waals surface area contributed by atoms with E-state index in [0.29, 0.717) is 23.2 Å². The molecule has 1 saturated heterocycles. The Hall–Kier alpha value is -1.77. The van der Waals surface area contributed by atoms with Crippen molar-refractivity contribution in [3.63, 3.8) is 0 Å². The van der Waals surface area contributed by atoms with E-state index in [1.165, 1.54) is 0 Å². The zero-order valence-corrected chi connectivity index (χ0v) is 16.8. The van der Waals surface area contributed by atoms with Crippen LogP contribution in [0.1, 0.15) is 17.5 Å². The van der Waals surface area contributed by atoms with Crippen LogP contribution in [0.2, 0.25) is 10.0 Å². The maximum absolute atomic E-state index is 9.06. The average molecular weight is 404 g/mol. The maximum Gasteiger partial charge on any atom is 0.101 e. The molecule has 0 amide bonds. The van der Waals surface area contributed by atoms with Gasteiger partial charge in [0, 0.05) is 43.0 Å². The van der Waals surface area contributed by atoms with E-state index in [0.717, 1.165) is 42.2 Å². The summed E-state index contributed by atoms with van der Waals surface area (Å²) < 4.78 is 5.28. The second-order valence-electron chi connectivity index (χ2n) is 6.74. The molecule has 0 aliphatic carbocycles. The number of benzene rings is 2. The molecule has 3 rings (SSSR count). The highest BCUT2D eigenvalue weighted by molar-refractivity contribution is 6.32.